The lowest BCUT2D eigenvalue weighted by Gasteiger charge is -2.17. The minimum atomic E-state index is -4.50. The number of hydrogen-bond donors (Lipinski definition) is 0. The minimum absolute atomic E-state index is 0.137. The summed E-state index contributed by atoms with van der Waals surface area (Å²) in [7, 11) is 0. The molecule has 126 valence electrons. The molecule has 24 heavy (non-hydrogen) atoms. The van der Waals surface area contributed by atoms with Gasteiger partial charge in [-0.15, -0.1) is 0 Å². The van der Waals surface area contributed by atoms with Gasteiger partial charge in [-0.2, -0.15) is 13.2 Å². The topological polar surface area (TPSA) is 29.0 Å². The molecule has 2 aromatic rings. The van der Waals surface area contributed by atoms with Crippen LogP contribution in [-0.2, 0) is 6.18 Å². The standard InChI is InChI=1S/C17H15ClF3N3/c18-13-6-3-12(4-7-13)5-8-14-11-15(17(19,20)21)23-16(22-14)24-9-1-2-10-24/h3-8,11H,1-2,9-10H2/b8-5+. The Kier molecular flexibility index (Phi) is 4.76. The zero-order chi connectivity index (χ0) is 17.2. The van der Waals surface area contributed by atoms with E-state index < -0.39 is 11.9 Å². The molecule has 1 fully saturated rings. The summed E-state index contributed by atoms with van der Waals surface area (Å²) >= 11 is 5.82. The average molecular weight is 354 g/mol. The van der Waals surface area contributed by atoms with Crippen molar-refractivity contribution in [1.29, 1.82) is 0 Å². The maximum Gasteiger partial charge on any atom is 0.433 e. The van der Waals surface area contributed by atoms with Gasteiger partial charge in [0, 0.05) is 18.1 Å². The summed E-state index contributed by atoms with van der Waals surface area (Å²) in [4.78, 5) is 9.74. The highest BCUT2D eigenvalue weighted by Crippen LogP contribution is 2.30. The van der Waals surface area contributed by atoms with E-state index in [0.717, 1.165) is 24.5 Å². The Balaban J connectivity index is 1.93. The van der Waals surface area contributed by atoms with Gasteiger partial charge in [-0.3, -0.25) is 0 Å². The van der Waals surface area contributed by atoms with Gasteiger partial charge in [0.2, 0.25) is 5.95 Å². The van der Waals surface area contributed by atoms with Crippen molar-refractivity contribution in [2.24, 2.45) is 0 Å². The number of halogens is 4. The fourth-order valence-corrected chi connectivity index (χ4v) is 2.62. The SMILES string of the molecule is FC(F)(F)c1cc(/C=C/c2ccc(Cl)cc2)nc(N2CCCC2)n1. The monoisotopic (exact) mass is 353 g/mol. The molecule has 1 aliphatic heterocycles. The summed E-state index contributed by atoms with van der Waals surface area (Å²) in [6, 6.07) is 7.97. The third-order valence-electron chi connectivity index (χ3n) is 3.73. The van der Waals surface area contributed by atoms with Gasteiger partial charge in [-0.05, 0) is 42.7 Å². The lowest BCUT2D eigenvalue weighted by molar-refractivity contribution is -0.141. The van der Waals surface area contributed by atoms with E-state index in [1.165, 1.54) is 0 Å². The molecule has 0 saturated carbocycles. The Morgan fingerprint density at radius 3 is 2.29 bits per heavy atom. The van der Waals surface area contributed by atoms with Crippen LogP contribution in [0.2, 0.25) is 5.02 Å². The van der Waals surface area contributed by atoms with Crippen molar-refractivity contribution in [2.75, 3.05) is 18.0 Å². The van der Waals surface area contributed by atoms with E-state index in [4.69, 9.17) is 11.6 Å². The van der Waals surface area contributed by atoms with E-state index in [-0.39, 0.29) is 11.6 Å². The Morgan fingerprint density at radius 2 is 1.67 bits per heavy atom. The van der Waals surface area contributed by atoms with E-state index in [1.54, 1.807) is 41.3 Å². The summed E-state index contributed by atoms with van der Waals surface area (Å²) in [5, 5.41) is 0.602. The molecule has 0 spiro atoms. The second-order valence-electron chi connectivity index (χ2n) is 5.55. The second kappa shape index (κ2) is 6.81. The third-order valence-corrected chi connectivity index (χ3v) is 3.98. The summed E-state index contributed by atoms with van der Waals surface area (Å²) in [6.45, 7) is 1.36. The van der Waals surface area contributed by atoms with Gasteiger partial charge < -0.3 is 4.90 Å². The number of rotatable bonds is 3. The highest BCUT2D eigenvalue weighted by molar-refractivity contribution is 6.30. The average Bonchev–Trinajstić information content (AvgIpc) is 3.08. The smallest absolute Gasteiger partial charge is 0.341 e. The quantitative estimate of drug-likeness (QED) is 0.784. The largest absolute Gasteiger partial charge is 0.433 e. The molecule has 1 aromatic carbocycles. The van der Waals surface area contributed by atoms with Crippen LogP contribution >= 0.6 is 11.6 Å². The number of hydrogen-bond acceptors (Lipinski definition) is 3. The first-order chi connectivity index (χ1) is 11.4. The Bertz CT molecular complexity index is 736. The molecule has 0 N–H and O–H groups in total. The van der Waals surface area contributed by atoms with Gasteiger partial charge in [0.25, 0.3) is 0 Å². The van der Waals surface area contributed by atoms with Crippen molar-refractivity contribution in [3.05, 3.63) is 52.3 Å². The van der Waals surface area contributed by atoms with Crippen molar-refractivity contribution in [1.82, 2.24) is 9.97 Å². The van der Waals surface area contributed by atoms with Crippen LogP contribution in [0.4, 0.5) is 19.1 Å². The van der Waals surface area contributed by atoms with Gasteiger partial charge in [0.15, 0.2) is 5.69 Å². The number of aromatic nitrogens is 2. The fraction of sp³-hybridized carbons (Fsp3) is 0.294. The van der Waals surface area contributed by atoms with Crippen LogP contribution < -0.4 is 4.90 Å². The van der Waals surface area contributed by atoms with Gasteiger partial charge in [-0.25, -0.2) is 9.97 Å². The van der Waals surface area contributed by atoms with Crippen LogP contribution in [0.5, 0.6) is 0 Å². The third kappa shape index (κ3) is 4.06. The van der Waals surface area contributed by atoms with Crippen molar-refractivity contribution < 1.29 is 13.2 Å². The highest BCUT2D eigenvalue weighted by Gasteiger charge is 2.34. The number of alkyl halides is 3. The molecule has 0 bridgehead atoms. The molecular weight excluding hydrogens is 339 g/mol. The van der Waals surface area contributed by atoms with E-state index in [1.807, 2.05) is 0 Å². The molecule has 0 atom stereocenters. The van der Waals surface area contributed by atoms with E-state index in [0.29, 0.717) is 18.1 Å². The minimum Gasteiger partial charge on any atom is -0.341 e. The number of nitrogens with zero attached hydrogens (tertiary/aromatic N) is 3. The van der Waals surface area contributed by atoms with Crippen molar-refractivity contribution in [3.8, 4) is 0 Å². The van der Waals surface area contributed by atoms with Gasteiger partial charge >= 0.3 is 6.18 Å². The van der Waals surface area contributed by atoms with Crippen LogP contribution in [0, 0.1) is 0 Å². The van der Waals surface area contributed by atoms with Crippen molar-refractivity contribution in [2.45, 2.75) is 19.0 Å². The van der Waals surface area contributed by atoms with Crippen LogP contribution in [0.25, 0.3) is 12.2 Å². The van der Waals surface area contributed by atoms with Gasteiger partial charge in [0.1, 0.15) is 0 Å². The predicted molar refractivity (Wildman–Crippen MR) is 88.9 cm³/mol. The molecule has 0 amide bonds. The number of benzene rings is 1. The molecule has 1 saturated heterocycles. The van der Waals surface area contributed by atoms with E-state index in [2.05, 4.69) is 9.97 Å². The first-order valence-corrected chi connectivity index (χ1v) is 7.94. The van der Waals surface area contributed by atoms with Crippen LogP contribution in [0.3, 0.4) is 0 Å². The van der Waals surface area contributed by atoms with Crippen molar-refractivity contribution >= 4 is 29.7 Å². The van der Waals surface area contributed by atoms with E-state index >= 15 is 0 Å². The zero-order valence-corrected chi connectivity index (χ0v) is 13.5. The molecule has 0 radical (unpaired) electrons. The molecule has 3 nitrogen and oxygen atoms in total. The normalized spacial score (nSPS) is 15.4. The van der Waals surface area contributed by atoms with Crippen molar-refractivity contribution in [3.63, 3.8) is 0 Å². The molecule has 0 aliphatic carbocycles. The maximum atomic E-state index is 13.1. The van der Waals surface area contributed by atoms with Crippen LogP contribution in [0.15, 0.2) is 30.3 Å². The molecule has 7 heteroatoms. The first kappa shape index (κ1) is 16.8. The summed E-state index contributed by atoms with van der Waals surface area (Å²) in [6.07, 6.45) is 0.637. The predicted octanol–water partition coefficient (Wildman–Crippen LogP) is 4.92. The summed E-state index contributed by atoms with van der Waals surface area (Å²) in [5.41, 5.74) is 0.138. The maximum absolute atomic E-state index is 13.1. The van der Waals surface area contributed by atoms with E-state index in [9.17, 15) is 13.2 Å². The lowest BCUT2D eigenvalue weighted by Crippen LogP contribution is -2.22. The fourth-order valence-electron chi connectivity index (χ4n) is 2.50. The highest BCUT2D eigenvalue weighted by atomic mass is 35.5. The molecule has 2 heterocycles. The molecule has 3 rings (SSSR count). The molecule has 1 aliphatic rings. The summed E-state index contributed by atoms with van der Waals surface area (Å²) in [5.74, 6) is 0.137. The second-order valence-corrected chi connectivity index (χ2v) is 5.99. The van der Waals surface area contributed by atoms with Gasteiger partial charge in [-0.1, -0.05) is 29.8 Å². The van der Waals surface area contributed by atoms with Crippen LogP contribution in [-0.4, -0.2) is 23.1 Å². The first-order valence-electron chi connectivity index (χ1n) is 7.57. The number of anilines is 1. The Labute approximate surface area is 142 Å². The Hall–Kier alpha value is -2.08. The van der Waals surface area contributed by atoms with Gasteiger partial charge in [0.05, 0.1) is 5.69 Å². The zero-order valence-electron chi connectivity index (χ0n) is 12.7. The lowest BCUT2D eigenvalue weighted by atomic mass is 10.2. The molecule has 1 aromatic heterocycles. The Morgan fingerprint density at radius 1 is 1.00 bits per heavy atom. The summed E-state index contributed by atoms with van der Waals surface area (Å²) < 4.78 is 39.3. The molecule has 0 unspecified atom stereocenters. The molecular formula is C17H15ClF3N3. The van der Waals surface area contributed by atoms with Crippen LogP contribution in [0.1, 0.15) is 29.8 Å².